The molecule has 5 heteroatoms. The van der Waals surface area contributed by atoms with Gasteiger partial charge in [-0.05, 0) is 18.2 Å². The lowest BCUT2D eigenvalue weighted by Gasteiger charge is -2.11. The van der Waals surface area contributed by atoms with Gasteiger partial charge in [0.25, 0.3) is 0 Å². The lowest BCUT2D eigenvalue weighted by molar-refractivity contribution is 0.230. The third-order valence-corrected chi connectivity index (χ3v) is 1.74. The zero-order valence-corrected chi connectivity index (χ0v) is 8.60. The highest BCUT2D eigenvalue weighted by molar-refractivity contribution is 6.30. The summed E-state index contributed by atoms with van der Waals surface area (Å²) in [6.07, 6.45) is 0. The van der Waals surface area contributed by atoms with E-state index in [1.807, 2.05) is 0 Å². The van der Waals surface area contributed by atoms with E-state index >= 15 is 0 Å². The van der Waals surface area contributed by atoms with Crippen LogP contribution in [0.1, 0.15) is 0 Å². The van der Waals surface area contributed by atoms with Crippen LogP contribution in [0.25, 0.3) is 0 Å². The highest BCUT2D eigenvalue weighted by Crippen LogP contribution is 2.18. The maximum atomic E-state index is 12.8. The molecule has 3 nitrogen and oxygen atoms in total. The Kier molecular flexibility index (Phi) is 3.30. The Hall–Kier alpha value is -1.29. The molecule has 0 atom stereocenters. The second-order valence-corrected chi connectivity index (χ2v) is 3.42. The maximum Gasteiger partial charge on any atom is 0.321 e. The second kappa shape index (κ2) is 4.28. The molecule has 0 aliphatic heterocycles. The standard InChI is InChI=1S/C9H10ClFN2O/c1-13(2)9(14)12-8-4-6(10)3-7(11)5-8/h3-5H,1-2H3,(H,12,14). The number of hydrogen-bond donors (Lipinski definition) is 1. The van der Waals surface area contributed by atoms with Crippen LogP contribution in [0.2, 0.25) is 5.02 Å². The predicted octanol–water partition coefficient (Wildman–Crippen LogP) is 2.57. The van der Waals surface area contributed by atoms with E-state index in [-0.39, 0.29) is 11.1 Å². The van der Waals surface area contributed by atoms with Crippen LogP contribution in [0.3, 0.4) is 0 Å². The molecule has 0 saturated heterocycles. The fraction of sp³-hybridized carbons (Fsp3) is 0.222. The molecule has 0 saturated carbocycles. The highest BCUT2D eigenvalue weighted by atomic mass is 35.5. The molecule has 0 radical (unpaired) electrons. The number of carbonyl (C=O) groups excluding carboxylic acids is 1. The Labute approximate surface area is 86.5 Å². The van der Waals surface area contributed by atoms with Crippen molar-refractivity contribution in [1.29, 1.82) is 0 Å². The largest absolute Gasteiger partial charge is 0.331 e. The van der Waals surface area contributed by atoms with Crippen LogP contribution in [0.5, 0.6) is 0 Å². The van der Waals surface area contributed by atoms with Gasteiger partial charge in [-0.25, -0.2) is 9.18 Å². The molecular weight excluding hydrogens is 207 g/mol. The number of carbonyl (C=O) groups is 1. The molecule has 0 aromatic heterocycles. The molecule has 14 heavy (non-hydrogen) atoms. The van der Waals surface area contributed by atoms with E-state index in [1.165, 1.54) is 23.1 Å². The van der Waals surface area contributed by atoms with Crippen LogP contribution >= 0.6 is 11.6 Å². The minimum atomic E-state index is -0.480. The molecule has 2 amide bonds. The van der Waals surface area contributed by atoms with Crippen molar-refractivity contribution in [3.05, 3.63) is 29.0 Å². The normalized spacial score (nSPS) is 9.71. The monoisotopic (exact) mass is 216 g/mol. The van der Waals surface area contributed by atoms with Crippen molar-refractivity contribution in [2.24, 2.45) is 0 Å². The minimum absolute atomic E-state index is 0.249. The van der Waals surface area contributed by atoms with Gasteiger partial charge in [0.05, 0.1) is 0 Å². The molecule has 76 valence electrons. The third kappa shape index (κ3) is 2.88. The fourth-order valence-corrected chi connectivity index (χ4v) is 1.08. The van der Waals surface area contributed by atoms with Crippen molar-refractivity contribution in [1.82, 2.24) is 4.90 Å². The highest BCUT2D eigenvalue weighted by Gasteiger charge is 2.05. The molecule has 0 fully saturated rings. The number of benzene rings is 1. The number of halogens is 2. The molecule has 0 spiro atoms. The van der Waals surface area contributed by atoms with Crippen molar-refractivity contribution in [2.75, 3.05) is 19.4 Å². The third-order valence-electron chi connectivity index (χ3n) is 1.52. The Bertz CT molecular complexity index is 334. The first-order valence-electron chi connectivity index (χ1n) is 3.93. The lowest BCUT2D eigenvalue weighted by atomic mass is 10.3. The van der Waals surface area contributed by atoms with Crippen molar-refractivity contribution >= 4 is 23.3 Å². The fourth-order valence-electron chi connectivity index (χ4n) is 0.861. The number of hydrogen-bond acceptors (Lipinski definition) is 1. The average Bonchev–Trinajstić information content (AvgIpc) is 2.01. The summed E-state index contributed by atoms with van der Waals surface area (Å²) in [5.74, 6) is -0.480. The molecule has 0 unspecified atom stereocenters. The van der Waals surface area contributed by atoms with Crippen LogP contribution < -0.4 is 5.32 Å². The van der Waals surface area contributed by atoms with E-state index in [0.717, 1.165) is 0 Å². The van der Waals surface area contributed by atoms with Crippen molar-refractivity contribution < 1.29 is 9.18 Å². The number of rotatable bonds is 1. The topological polar surface area (TPSA) is 32.3 Å². The predicted molar refractivity (Wildman–Crippen MR) is 54.1 cm³/mol. The summed E-state index contributed by atoms with van der Waals surface area (Å²) in [4.78, 5) is 12.5. The van der Waals surface area contributed by atoms with Gasteiger partial charge in [0.1, 0.15) is 5.82 Å². The van der Waals surface area contributed by atoms with Gasteiger partial charge < -0.3 is 10.2 Å². The summed E-state index contributed by atoms with van der Waals surface area (Å²) < 4.78 is 12.8. The number of amides is 2. The Morgan fingerprint density at radius 2 is 2.07 bits per heavy atom. The van der Waals surface area contributed by atoms with Crippen LogP contribution in [-0.4, -0.2) is 25.0 Å². The quantitative estimate of drug-likeness (QED) is 0.769. The van der Waals surface area contributed by atoms with Gasteiger partial charge in [0.15, 0.2) is 0 Å². The van der Waals surface area contributed by atoms with E-state index in [1.54, 1.807) is 14.1 Å². The summed E-state index contributed by atoms with van der Waals surface area (Å²) in [6, 6.07) is 3.53. The zero-order valence-electron chi connectivity index (χ0n) is 7.84. The van der Waals surface area contributed by atoms with Gasteiger partial charge in [-0.3, -0.25) is 0 Å². The Morgan fingerprint density at radius 3 is 2.57 bits per heavy atom. The smallest absolute Gasteiger partial charge is 0.321 e. The molecule has 1 aromatic carbocycles. The van der Waals surface area contributed by atoms with Crippen LogP contribution in [0.4, 0.5) is 14.9 Å². The molecule has 1 N–H and O–H groups in total. The first-order valence-corrected chi connectivity index (χ1v) is 4.31. The van der Waals surface area contributed by atoms with Crippen molar-refractivity contribution in [2.45, 2.75) is 0 Å². The molecule has 0 heterocycles. The van der Waals surface area contributed by atoms with Crippen LogP contribution in [0.15, 0.2) is 18.2 Å². The van der Waals surface area contributed by atoms with E-state index in [2.05, 4.69) is 5.32 Å². The first-order chi connectivity index (χ1) is 6.49. The zero-order chi connectivity index (χ0) is 10.7. The van der Waals surface area contributed by atoms with E-state index in [4.69, 9.17) is 11.6 Å². The summed E-state index contributed by atoms with van der Waals surface area (Å²) in [7, 11) is 3.19. The average molecular weight is 217 g/mol. The number of nitrogens with one attached hydrogen (secondary N) is 1. The van der Waals surface area contributed by atoms with E-state index in [9.17, 15) is 9.18 Å². The van der Waals surface area contributed by atoms with Crippen LogP contribution in [0, 0.1) is 5.82 Å². The lowest BCUT2D eigenvalue weighted by Crippen LogP contribution is -2.27. The minimum Gasteiger partial charge on any atom is -0.331 e. The van der Waals surface area contributed by atoms with Gasteiger partial charge in [-0.2, -0.15) is 0 Å². The summed E-state index contributed by atoms with van der Waals surface area (Å²) in [5, 5.41) is 2.73. The second-order valence-electron chi connectivity index (χ2n) is 2.98. The number of nitrogens with zero attached hydrogens (tertiary/aromatic N) is 1. The van der Waals surface area contributed by atoms with Gasteiger partial charge in [0.2, 0.25) is 0 Å². The molecule has 1 aromatic rings. The maximum absolute atomic E-state index is 12.8. The van der Waals surface area contributed by atoms with Gasteiger partial charge in [-0.15, -0.1) is 0 Å². The van der Waals surface area contributed by atoms with Gasteiger partial charge in [0, 0.05) is 24.8 Å². The van der Waals surface area contributed by atoms with E-state index in [0.29, 0.717) is 5.69 Å². The summed E-state index contributed by atoms with van der Waals surface area (Å²) in [5.41, 5.74) is 0.341. The van der Waals surface area contributed by atoms with E-state index < -0.39 is 5.82 Å². The Morgan fingerprint density at radius 1 is 1.43 bits per heavy atom. The first kappa shape index (κ1) is 10.8. The van der Waals surface area contributed by atoms with Gasteiger partial charge >= 0.3 is 6.03 Å². The molecular formula is C9H10ClFN2O. The van der Waals surface area contributed by atoms with Gasteiger partial charge in [-0.1, -0.05) is 11.6 Å². The van der Waals surface area contributed by atoms with Crippen molar-refractivity contribution in [3.8, 4) is 0 Å². The Balaban J connectivity index is 2.82. The molecule has 0 bridgehead atoms. The number of anilines is 1. The summed E-state index contributed by atoms with van der Waals surface area (Å²) >= 11 is 5.61. The van der Waals surface area contributed by atoms with Crippen LogP contribution in [-0.2, 0) is 0 Å². The summed E-state index contributed by atoms with van der Waals surface area (Å²) in [6.45, 7) is 0. The van der Waals surface area contributed by atoms with Crippen molar-refractivity contribution in [3.63, 3.8) is 0 Å². The SMILES string of the molecule is CN(C)C(=O)Nc1cc(F)cc(Cl)c1. The molecule has 1 rings (SSSR count). The molecule has 0 aliphatic carbocycles. The number of urea groups is 1. The molecule has 0 aliphatic rings.